The zero-order chi connectivity index (χ0) is 19.9. The fraction of sp³-hybridized carbons (Fsp3) is 0.632. The van der Waals surface area contributed by atoms with Crippen LogP contribution < -0.4 is 14.8 Å². The summed E-state index contributed by atoms with van der Waals surface area (Å²) in [5.41, 5.74) is -0.259. The predicted octanol–water partition coefficient (Wildman–Crippen LogP) is 2.20. The van der Waals surface area contributed by atoms with E-state index >= 15 is 0 Å². The fourth-order valence-corrected chi connectivity index (χ4v) is 3.78. The topological polar surface area (TPSA) is 87.7 Å². The van der Waals surface area contributed by atoms with Gasteiger partial charge in [0.1, 0.15) is 12.4 Å². The largest absolute Gasteiger partial charge is 0.492 e. The van der Waals surface area contributed by atoms with Crippen LogP contribution in [0.5, 0.6) is 5.75 Å². The Morgan fingerprint density at radius 1 is 1.19 bits per heavy atom. The van der Waals surface area contributed by atoms with Gasteiger partial charge in [-0.3, -0.25) is 0 Å². The lowest BCUT2D eigenvalue weighted by molar-refractivity contribution is 0.163. The third-order valence-electron chi connectivity index (χ3n) is 4.34. The molecule has 1 aromatic carbocycles. The van der Waals surface area contributed by atoms with Gasteiger partial charge in [0.05, 0.1) is 5.75 Å². The first-order valence-corrected chi connectivity index (χ1v) is 11.0. The van der Waals surface area contributed by atoms with Crippen molar-refractivity contribution in [2.75, 3.05) is 32.0 Å². The molecule has 2 N–H and O–H groups in total. The van der Waals surface area contributed by atoms with Crippen LogP contribution in [-0.4, -0.2) is 56.9 Å². The zero-order valence-electron chi connectivity index (χ0n) is 16.4. The number of likely N-dealkylation sites (tertiary alicyclic amines) is 1. The lowest BCUT2D eigenvalue weighted by Crippen LogP contribution is -2.51. The van der Waals surface area contributed by atoms with E-state index in [1.165, 1.54) is 0 Å². The van der Waals surface area contributed by atoms with Crippen LogP contribution in [0.4, 0.5) is 4.79 Å². The molecule has 0 spiro atoms. The number of piperidine rings is 1. The van der Waals surface area contributed by atoms with Gasteiger partial charge in [-0.25, -0.2) is 17.9 Å². The Kier molecular flexibility index (Phi) is 7.49. The van der Waals surface area contributed by atoms with E-state index in [-0.39, 0.29) is 29.8 Å². The predicted molar refractivity (Wildman–Crippen MR) is 106 cm³/mol. The van der Waals surface area contributed by atoms with Crippen molar-refractivity contribution < 1.29 is 17.9 Å². The Morgan fingerprint density at radius 3 is 2.41 bits per heavy atom. The summed E-state index contributed by atoms with van der Waals surface area (Å²) in [5.74, 6) is 0.830. The molecule has 1 aliphatic rings. The first kappa shape index (κ1) is 21.5. The minimum atomic E-state index is -3.37. The number of nitrogens with zero attached hydrogens (tertiary/aromatic N) is 1. The highest BCUT2D eigenvalue weighted by molar-refractivity contribution is 7.89. The highest BCUT2D eigenvalue weighted by atomic mass is 32.2. The summed E-state index contributed by atoms with van der Waals surface area (Å²) in [7, 11) is -3.37. The number of rotatable bonds is 7. The van der Waals surface area contributed by atoms with Crippen molar-refractivity contribution in [1.82, 2.24) is 14.9 Å². The molecule has 0 bridgehead atoms. The van der Waals surface area contributed by atoms with Crippen LogP contribution in [0.2, 0.25) is 0 Å². The van der Waals surface area contributed by atoms with Crippen molar-refractivity contribution >= 4 is 16.1 Å². The highest BCUT2D eigenvalue weighted by Crippen LogP contribution is 2.17. The van der Waals surface area contributed by atoms with E-state index in [9.17, 15) is 13.2 Å². The molecule has 1 aromatic rings. The molecule has 0 atom stereocenters. The minimum absolute atomic E-state index is 0.0559. The molecule has 8 heteroatoms. The van der Waals surface area contributed by atoms with Gasteiger partial charge in [-0.15, -0.1) is 0 Å². The standard InChI is InChI=1S/C19H31N3O4S/c1-19(2,3)21-18(23)22-11-9-16(10-12-22)15-20-27(24,25)14-13-26-17-7-5-4-6-8-17/h4-8,16,20H,9-15H2,1-3H3,(H,21,23). The number of para-hydroxylation sites is 1. The van der Waals surface area contributed by atoms with Gasteiger partial charge in [0.15, 0.2) is 0 Å². The number of nitrogens with one attached hydrogen (secondary N) is 2. The normalized spacial score (nSPS) is 16.2. The molecule has 1 heterocycles. The van der Waals surface area contributed by atoms with E-state index in [1.807, 2.05) is 39.0 Å². The third kappa shape index (κ3) is 8.17. The molecular formula is C19H31N3O4S. The van der Waals surface area contributed by atoms with Gasteiger partial charge in [-0.2, -0.15) is 0 Å². The molecule has 1 saturated heterocycles. The number of hydrogen-bond acceptors (Lipinski definition) is 4. The summed E-state index contributed by atoms with van der Waals surface area (Å²) in [4.78, 5) is 14.0. The quantitative estimate of drug-likeness (QED) is 0.738. The van der Waals surface area contributed by atoms with E-state index in [0.29, 0.717) is 25.4 Å². The number of amides is 2. The lowest BCUT2D eigenvalue weighted by Gasteiger charge is -2.34. The van der Waals surface area contributed by atoms with Crippen molar-refractivity contribution in [3.8, 4) is 5.75 Å². The van der Waals surface area contributed by atoms with Crippen molar-refractivity contribution in [2.45, 2.75) is 39.2 Å². The molecular weight excluding hydrogens is 366 g/mol. The maximum atomic E-state index is 12.2. The second-order valence-corrected chi connectivity index (χ2v) is 9.87. The Morgan fingerprint density at radius 2 is 1.81 bits per heavy atom. The average Bonchev–Trinajstić information content (AvgIpc) is 2.60. The Bertz CT molecular complexity index is 693. The van der Waals surface area contributed by atoms with Gasteiger partial charge < -0.3 is 15.0 Å². The summed E-state index contributed by atoms with van der Waals surface area (Å²) in [6.45, 7) is 7.67. The number of sulfonamides is 1. The summed E-state index contributed by atoms with van der Waals surface area (Å²) in [6, 6.07) is 9.10. The van der Waals surface area contributed by atoms with Crippen LogP contribution in [0.15, 0.2) is 30.3 Å². The third-order valence-corrected chi connectivity index (χ3v) is 5.65. The van der Waals surface area contributed by atoms with Crippen molar-refractivity contribution in [1.29, 1.82) is 0 Å². The van der Waals surface area contributed by atoms with Crippen molar-refractivity contribution in [3.63, 3.8) is 0 Å². The highest BCUT2D eigenvalue weighted by Gasteiger charge is 2.26. The van der Waals surface area contributed by atoms with Crippen molar-refractivity contribution in [3.05, 3.63) is 30.3 Å². The molecule has 152 valence electrons. The molecule has 1 fully saturated rings. The summed E-state index contributed by atoms with van der Waals surface area (Å²) < 4.78 is 32.4. The molecule has 0 saturated carbocycles. The number of ether oxygens (including phenoxy) is 1. The van der Waals surface area contributed by atoms with Gasteiger partial charge in [-0.1, -0.05) is 18.2 Å². The van der Waals surface area contributed by atoms with E-state index in [1.54, 1.807) is 17.0 Å². The number of carbonyl (C=O) groups excluding carboxylic acids is 1. The van der Waals surface area contributed by atoms with Crippen molar-refractivity contribution in [2.24, 2.45) is 5.92 Å². The number of hydrogen-bond donors (Lipinski definition) is 2. The molecule has 1 aliphatic heterocycles. The van der Waals surface area contributed by atoms with Crippen LogP contribution in [0, 0.1) is 5.92 Å². The number of urea groups is 1. The average molecular weight is 398 g/mol. The molecule has 7 nitrogen and oxygen atoms in total. The molecule has 2 rings (SSSR count). The maximum Gasteiger partial charge on any atom is 0.317 e. The van der Waals surface area contributed by atoms with Gasteiger partial charge in [-0.05, 0) is 51.7 Å². The van der Waals surface area contributed by atoms with Crippen LogP contribution >= 0.6 is 0 Å². The van der Waals surface area contributed by atoms with Gasteiger partial charge in [0.2, 0.25) is 10.0 Å². The fourth-order valence-electron chi connectivity index (χ4n) is 2.84. The molecule has 0 aromatic heterocycles. The zero-order valence-corrected chi connectivity index (χ0v) is 17.2. The Balaban J connectivity index is 1.67. The molecule has 0 aliphatic carbocycles. The van der Waals surface area contributed by atoms with Crippen LogP contribution in [0.1, 0.15) is 33.6 Å². The monoisotopic (exact) mass is 397 g/mol. The summed E-state index contributed by atoms with van der Waals surface area (Å²) in [6.07, 6.45) is 1.58. The molecule has 27 heavy (non-hydrogen) atoms. The Hall–Kier alpha value is -1.80. The molecule has 2 amide bonds. The van der Waals surface area contributed by atoms with Crippen LogP contribution in [0.25, 0.3) is 0 Å². The molecule has 0 radical (unpaired) electrons. The van der Waals surface area contributed by atoms with E-state index in [2.05, 4.69) is 10.0 Å². The van der Waals surface area contributed by atoms with Crippen LogP contribution in [-0.2, 0) is 10.0 Å². The second-order valence-electron chi connectivity index (χ2n) is 7.94. The van der Waals surface area contributed by atoms with E-state index in [0.717, 1.165) is 12.8 Å². The first-order chi connectivity index (χ1) is 12.6. The maximum absolute atomic E-state index is 12.2. The SMILES string of the molecule is CC(C)(C)NC(=O)N1CCC(CNS(=O)(=O)CCOc2ccccc2)CC1. The molecule has 0 unspecified atom stereocenters. The van der Waals surface area contributed by atoms with Gasteiger partial charge >= 0.3 is 6.03 Å². The number of carbonyl (C=O) groups is 1. The van der Waals surface area contributed by atoms with Gasteiger partial charge in [0.25, 0.3) is 0 Å². The summed E-state index contributed by atoms with van der Waals surface area (Å²) >= 11 is 0. The van der Waals surface area contributed by atoms with Gasteiger partial charge in [0, 0.05) is 25.2 Å². The Labute approximate surface area is 162 Å². The second kappa shape index (κ2) is 9.41. The van der Waals surface area contributed by atoms with E-state index < -0.39 is 10.0 Å². The summed E-state index contributed by atoms with van der Waals surface area (Å²) in [5, 5.41) is 2.96. The van der Waals surface area contributed by atoms with E-state index in [4.69, 9.17) is 4.74 Å². The van der Waals surface area contributed by atoms with Crippen LogP contribution in [0.3, 0.4) is 0 Å². The first-order valence-electron chi connectivity index (χ1n) is 9.37. The smallest absolute Gasteiger partial charge is 0.317 e. The minimum Gasteiger partial charge on any atom is -0.492 e. The lowest BCUT2D eigenvalue weighted by atomic mass is 9.97. The number of benzene rings is 1.